The predicted octanol–water partition coefficient (Wildman–Crippen LogP) is 5.01. The normalized spacial score (nSPS) is 18.1. The second-order valence-electron chi connectivity index (χ2n) is 10.0. The number of benzene rings is 2. The van der Waals surface area contributed by atoms with Crippen LogP contribution in [0.4, 0.5) is 5.69 Å². The van der Waals surface area contributed by atoms with E-state index in [0.717, 1.165) is 63.7 Å². The van der Waals surface area contributed by atoms with E-state index in [0.29, 0.717) is 5.91 Å². The molecule has 2 fully saturated rings. The SMILES string of the molecule is Cc1cccc(N2CCN(C(=O)C3CCN(Cc4cn(C)c5ccc(Cl)cc45)CC3)CC2)c1C. The van der Waals surface area contributed by atoms with Crippen LogP contribution in [-0.4, -0.2) is 59.5 Å². The van der Waals surface area contributed by atoms with Crippen molar-refractivity contribution in [3.05, 3.63) is 64.3 Å². The first-order valence-corrected chi connectivity index (χ1v) is 12.8. The van der Waals surface area contributed by atoms with E-state index >= 15 is 0 Å². The number of amides is 1. The number of halogens is 1. The molecule has 5 nitrogen and oxygen atoms in total. The molecule has 2 aliphatic rings. The highest BCUT2D eigenvalue weighted by atomic mass is 35.5. The monoisotopic (exact) mass is 478 g/mol. The molecule has 0 aliphatic carbocycles. The van der Waals surface area contributed by atoms with Gasteiger partial charge in [0, 0.05) is 73.5 Å². The minimum absolute atomic E-state index is 0.158. The highest BCUT2D eigenvalue weighted by Crippen LogP contribution is 2.28. The molecule has 5 rings (SSSR count). The van der Waals surface area contributed by atoms with Gasteiger partial charge in [0.05, 0.1) is 0 Å². The van der Waals surface area contributed by atoms with Crippen molar-refractivity contribution in [3.63, 3.8) is 0 Å². The van der Waals surface area contributed by atoms with E-state index in [1.807, 2.05) is 6.07 Å². The number of fused-ring (bicyclic) bond motifs is 1. The summed E-state index contributed by atoms with van der Waals surface area (Å²) >= 11 is 6.26. The van der Waals surface area contributed by atoms with Crippen molar-refractivity contribution in [2.75, 3.05) is 44.2 Å². The van der Waals surface area contributed by atoms with Crippen molar-refractivity contribution >= 4 is 34.1 Å². The van der Waals surface area contributed by atoms with E-state index in [1.165, 1.54) is 33.3 Å². The molecule has 1 aromatic heterocycles. The first-order chi connectivity index (χ1) is 16.4. The molecular formula is C28H35ClN4O. The number of carbonyl (C=O) groups excluding carboxylic acids is 1. The maximum atomic E-state index is 13.3. The number of piperazine rings is 1. The van der Waals surface area contributed by atoms with Crippen LogP contribution >= 0.6 is 11.6 Å². The number of rotatable bonds is 4. The van der Waals surface area contributed by atoms with Gasteiger partial charge in [-0.2, -0.15) is 0 Å². The number of piperidine rings is 1. The van der Waals surface area contributed by atoms with Crippen molar-refractivity contribution < 1.29 is 4.79 Å². The Labute approximate surface area is 207 Å². The third-order valence-corrected chi connectivity index (χ3v) is 8.11. The van der Waals surface area contributed by atoms with Crippen LogP contribution in [0.3, 0.4) is 0 Å². The second kappa shape index (κ2) is 9.63. The van der Waals surface area contributed by atoms with Crippen LogP contribution in [0, 0.1) is 19.8 Å². The summed E-state index contributed by atoms with van der Waals surface area (Å²) in [5.74, 6) is 0.516. The third-order valence-electron chi connectivity index (χ3n) is 7.87. The fourth-order valence-corrected chi connectivity index (χ4v) is 5.83. The number of nitrogens with zero attached hydrogens (tertiary/aromatic N) is 4. The lowest BCUT2D eigenvalue weighted by molar-refractivity contribution is -0.137. The topological polar surface area (TPSA) is 31.7 Å². The third kappa shape index (κ3) is 4.56. The number of carbonyl (C=O) groups is 1. The van der Waals surface area contributed by atoms with Crippen molar-refractivity contribution in [2.45, 2.75) is 33.2 Å². The molecule has 0 spiro atoms. The number of aromatic nitrogens is 1. The van der Waals surface area contributed by atoms with Gasteiger partial charge >= 0.3 is 0 Å². The molecule has 0 saturated carbocycles. The molecule has 34 heavy (non-hydrogen) atoms. The Morgan fingerprint density at radius 3 is 2.47 bits per heavy atom. The molecule has 6 heteroatoms. The number of aryl methyl sites for hydroxylation is 2. The Balaban J connectivity index is 1.15. The van der Waals surface area contributed by atoms with Crippen LogP contribution in [0.25, 0.3) is 10.9 Å². The molecule has 2 aromatic carbocycles. The van der Waals surface area contributed by atoms with Crippen LogP contribution in [0.5, 0.6) is 0 Å². The summed E-state index contributed by atoms with van der Waals surface area (Å²) < 4.78 is 2.18. The summed E-state index contributed by atoms with van der Waals surface area (Å²) in [5.41, 5.74) is 6.52. The smallest absolute Gasteiger partial charge is 0.225 e. The average molecular weight is 479 g/mol. The van der Waals surface area contributed by atoms with E-state index in [-0.39, 0.29) is 5.92 Å². The summed E-state index contributed by atoms with van der Waals surface area (Å²) in [6.07, 6.45) is 4.11. The van der Waals surface area contributed by atoms with Crippen molar-refractivity contribution in [1.82, 2.24) is 14.4 Å². The van der Waals surface area contributed by atoms with E-state index in [1.54, 1.807) is 0 Å². The second-order valence-corrected chi connectivity index (χ2v) is 10.4. The first-order valence-electron chi connectivity index (χ1n) is 12.5. The maximum absolute atomic E-state index is 13.3. The summed E-state index contributed by atoms with van der Waals surface area (Å²) in [4.78, 5) is 20.3. The molecule has 0 atom stereocenters. The zero-order valence-corrected chi connectivity index (χ0v) is 21.3. The van der Waals surface area contributed by atoms with E-state index in [4.69, 9.17) is 11.6 Å². The maximum Gasteiger partial charge on any atom is 0.225 e. The largest absolute Gasteiger partial charge is 0.368 e. The Bertz CT molecular complexity index is 1190. The highest BCUT2D eigenvalue weighted by molar-refractivity contribution is 6.31. The zero-order chi connectivity index (χ0) is 23.8. The Morgan fingerprint density at radius 2 is 1.74 bits per heavy atom. The molecule has 2 aliphatic heterocycles. The Hall–Kier alpha value is -2.50. The van der Waals surface area contributed by atoms with Crippen molar-refractivity contribution in [2.24, 2.45) is 13.0 Å². The lowest BCUT2D eigenvalue weighted by atomic mass is 9.94. The van der Waals surface area contributed by atoms with E-state index in [2.05, 4.69) is 76.7 Å². The standard InChI is InChI=1S/C28H35ClN4O/c1-20-5-4-6-26(21(20)2)32-13-15-33(16-14-32)28(34)22-9-11-31(12-10-22)19-23-18-30(3)27-8-7-24(29)17-25(23)27/h4-8,17-18,22H,9-16,19H2,1-3H3. The summed E-state index contributed by atoms with van der Waals surface area (Å²) in [6.45, 7) is 10.7. The lowest BCUT2D eigenvalue weighted by Crippen LogP contribution is -2.51. The molecule has 0 unspecified atom stereocenters. The Kier molecular flexibility index (Phi) is 6.59. The van der Waals surface area contributed by atoms with Gasteiger partial charge in [0.25, 0.3) is 0 Å². The molecule has 3 aromatic rings. The summed E-state index contributed by atoms with van der Waals surface area (Å²) in [7, 11) is 2.09. The van der Waals surface area contributed by atoms with Gasteiger partial charge in [-0.25, -0.2) is 0 Å². The number of likely N-dealkylation sites (tertiary alicyclic amines) is 1. The predicted molar refractivity (Wildman–Crippen MR) is 141 cm³/mol. The van der Waals surface area contributed by atoms with Crippen LogP contribution in [-0.2, 0) is 18.4 Å². The fourth-order valence-electron chi connectivity index (χ4n) is 5.65. The minimum Gasteiger partial charge on any atom is -0.368 e. The number of anilines is 1. The van der Waals surface area contributed by atoms with E-state index < -0.39 is 0 Å². The summed E-state index contributed by atoms with van der Waals surface area (Å²) in [5, 5.41) is 2.01. The molecular weight excluding hydrogens is 444 g/mol. The molecule has 0 radical (unpaired) electrons. The van der Waals surface area contributed by atoms with Gasteiger partial charge < -0.3 is 14.4 Å². The van der Waals surface area contributed by atoms with Crippen molar-refractivity contribution in [3.8, 4) is 0 Å². The van der Waals surface area contributed by atoms with Gasteiger partial charge in [-0.05, 0) is 80.7 Å². The van der Waals surface area contributed by atoms with Crippen LogP contribution in [0.2, 0.25) is 5.02 Å². The fraction of sp³-hybridized carbons (Fsp3) is 0.464. The van der Waals surface area contributed by atoms with Gasteiger partial charge in [-0.3, -0.25) is 9.69 Å². The average Bonchev–Trinajstić information content (AvgIpc) is 3.15. The van der Waals surface area contributed by atoms with E-state index in [9.17, 15) is 4.79 Å². The number of hydrogen-bond acceptors (Lipinski definition) is 3. The van der Waals surface area contributed by atoms with Gasteiger partial charge in [0.2, 0.25) is 5.91 Å². The molecule has 2 saturated heterocycles. The molecule has 3 heterocycles. The minimum atomic E-state index is 0.158. The van der Waals surface area contributed by atoms with Crippen LogP contribution in [0.15, 0.2) is 42.6 Å². The van der Waals surface area contributed by atoms with Gasteiger partial charge in [0.1, 0.15) is 0 Å². The zero-order valence-electron chi connectivity index (χ0n) is 20.6. The number of hydrogen-bond donors (Lipinski definition) is 0. The van der Waals surface area contributed by atoms with Gasteiger partial charge in [0.15, 0.2) is 0 Å². The molecule has 0 N–H and O–H groups in total. The molecule has 180 valence electrons. The van der Waals surface area contributed by atoms with Crippen LogP contribution < -0.4 is 4.90 Å². The highest BCUT2D eigenvalue weighted by Gasteiger charge is 2.31. The molecule has 0 bridgehead atoms. The molecule has 1 amide bonds. The van der Waals surface area contributed by atoms with Crippen LogP contribution in [0.1, 0.15) is 29.5 Å². The van der Waals surface area contributed by atoms with Gasteiger partial charge in [-0.1, -0.05) is 23.7 Å². The lowest BCUT2D eigenvalue weighted by Gasteiger charge is -2.40. The summed E-state index contributed by atoms with van der Waals surface area (Å²) in [6, 6.07) is 12.6. The van der Waals surface area contributed by atoms with Gasteiger partial charge in [-0.15, -0.1) is 0 Å². The first kappa shape index (κ1) is 23.3. The Morgan fingerprint density at radius 1 is 1.00 bits per heavy atom. The van der Waals surface area contributed by atoms with Crippen molar-refractivity contribution in [1.29, 1.82) is 0 Å². The quantitative estimate of drug-likeness (QED) is 0.528.